The number of nitriles is 1. The zero-order chi connectivity index (χ0) is 18.4. The fourth-order valence-corrected chi connectivity index (χ4v) is 3.25. The van der Waals surface area contributed by atoms with Gasteiger partial charge in [-0.2, -0.15) is 10.4 Å². The molecule has 6 heteroatoms. The first-order chi connectivity index (χ1) is 12.5. The number of ether oxygens (including phenoxy) is 1. The van der Waals surface area contributed by atoms with Crippen molar-refractivity contribution in [1.82, 2.24) is 14.8 Å². The number of rotatable bonds is 2. The number of benzene rings is 2. The molecule has 5 nitrogen and oxygen atoms in total. The molecule has 0 aliphatic heterocycles. The van der Waals surface area contributed by atoms with Gasteiger partial charge >= 0.3 is 0 Å². The van der Waals surface area contributed by atoms with Crippen LogP contribution >= 0.6 is 0 Å². The first-order valence-corrected chi connectivity index (χ1v) is 8.03. The van der Waals surface area contributed by atoms with E-state index in [9.17, 15) is 4.39 Å². The lowest BCUT2D eigenvalue weighted by molar-refractivity contribution is 0.412. The van der Waals surface area contributed by atoms with Crippen LogP contribution in [0.15, 0.2) is 36.5 Å². The smallest absolute Gasteiger partial charge is 0.134 e. The summed E-state index contributed by atoms with van der Waals surface area (Å²) >= 11 is 0. The minimum absolute atomic E-state index is 0.276. The number of hydrogen-bond acceptors (Lipinski definition) is 4. The third-order valence-electron chi connectivity index (χ3n) is 4.55. The first kappa shape index (κ1) is 16.0. The van der Waals surface area contributed by atoms with Crippen LogP contribution in [0, 0.1) is 24.1 Å². The Labute approximate surface area is 149 Å². The maximum absolute atomic E-state index is 14.6. The Balaban J connectivity index is 2.10. The normalized spacial score (nSPS) is 11.0. The minimum Gasteiger partial charge on any atom is -0.496 e. The number of hydrogen-bond donors (Lipinski definition) is 0. The Hall–Kier alpha value is -3.46. The van der Waals surface area contributed by atoms with Gasteiger partial charge < -0.3 is 4.74 Å². The molecule has 26 heavy (non-hydrogen) atoms. The average molecular weight is 346 g/mol. The van der Waals surface area contributed by atoms with Gasteiger partial charge in [-0.05, 0) is 36.8 Å². The Morgan fingerprint density at radius 3 is 2.73 bits per heavy atom. The van der Waals surface area contributed by atoms with Gasteiger partial charge in [-0.15, -0.1) is 0 Å². The van der Waals surface area contributed by atoms with E-state index in [0.29, 0.717) is 11.3 Å². The molecule has 4 rings (SSSR count). The van der Waals surface area contributed by atoms with Crippen molar-refractivity contribution in [1.29, 1.82) is 5.26 Å². The summed E-state index contributed by atoms with van der Waals surface area (Å²) in [5.74, 6) is 0.276. The van der Waals surface area contributed by atoms with Crippen molar-refractivity contribution in [2.24, 2.45) is 7.05 Å². The van der Waals surface area contributed by atoms with E-state index in [1.165, 1.54) is 6.07 Å². The first-order valence-electron chi connectivity index (χ1n) is 8.03. The van der Waals surface area contributed by atoms with Gasteiger partial charge in [-0.25, -0.2) is 4.39 Å². The van der Waals surface area contributed by atoms with Crippen LogP contribution in [0.3, 0.4) is 0 Å². The molecule has 0 aliphatic carbocycles. The van der Waals surface area contributed by atoms with Crippen LogP contribution in [0.5, 0.6) is 5.75 Å². The van der Waals surface area contributed by atoms with Gasteiger partial charge in [0.2, 0.25) is 0 Å². The quantitative estimate of drug-likeness (QED) is 0.548. The highest BCUT2D eigenvalue weighted by atomic mass is 19.1. The molecule has 128 valence electrons. The molecule has 0 spiro atoms. The summed E-state index contributed by atoms with van der Waals surface area (Å²) in [6.45, 7) is 1.95. The highest BCUT2D eigenvalue weighted by molar-refractivity contribution is 6.11. The van der Waals surface area contributed by atoms with E-state index in [4.69, 9.17) is 10.00 Å². The number of fused-ring (bicyclic) bond motifs is 3. The van der Waals surface area contributed by atoms with Crippen LogP contribution in [0.2, 0.25) is 0 Å². The Bertz CT molecular complexity index is 1220. The second-order valence-corrected chi connectivity index (χ2v) is 6.14. The van der Waals surface area contributed by atoms with E-state index in [2.05, 4.69) is 10.1 Å². The summed E-state index contributed by atoms with van der Waals surface area (Å²) in [4.78, 5) is 4.50. The summed E-state index contributed by atoms with van der Waals surface area (Å²) in [6.07, 6.45) is 1.73. The monoisotopic (exact) mass is 346 g/mol. The molecule has 2 aromatic carbocycles. The Kier molecular flexibility index (Phi) is 3.58. The standard InChI is InChI=1S/C20H15FN4O/c1-11-6-14-16(8-18(11)26-3)23-10-17-19(14)20(24-25(17)2)13-5-4-12(9-22)7-15(13)21/h4-8,10H,1-3H3. The van der Waals surface area contributed by atoms with Crippen LogP contribution in [-0.4, -0.2) is 21.9 Å². The third kappa shape index (κ3) is 2.29. The van der Waals surface area contributed by atoms with Gasteiger partial charge in [0.1, 0.15) is 17.3 Å². The maximum Gasteiger partial charge on any atom is 0.134 e. The van der Waals surface area contributed by atoms with Gasteiger partial charge in [0.25, 0.3) is 0 Å². The molecule has 0 saturated heterocycles. The van der Waals surface area contributed by atoms with E-state index >= 15 is 0 Å². The summed E-state index contributed by atoms with van der Waals surface area (Å²) in [5.41, 5.74) is 3.68. The summed E-state index contributed by atoms with van der Waals surface area (Å²) in [6, 6.07) is 10.2. The zero-order valence-corrected chi connectivity index (χ0v) is 14.5. The SMILES string of the molecule is COc1cc2ncc3c(c(-c4ccc(C#N)cc4F)nn3C)c2cc1C. The third-order valence-corrected chi connectivity index (χ3v) is 4.55. The average Bonchev–Trinajstić information content (AvgIpc) is 2.98. The topological polar surface area (TPSA) is 63.7 Å². The molecule has 0 radical (unpaired) electrons. The van der Waals surface area contributed by atoms with E-state index < -0.39 is 5.82 Å². The zero-order valence-electron chi connectivity index (χ0n) is 14.5. The Morgan fingerprint density at radius 1 is 1.23 bits per heavy atom. The lowest BCUT2D eigenvalue weighted by Gasteiger charge is -2.08. The molecule has 0 unspecified atom stereocenters. The lowest BCUT2D eigenvalue weighted by Crippen LogP contribution is -1.91. The number of nitrogens with zero attached hydrogens (tertiary/aromatic N) is 4. The van der Waals surface area contributed by atoms with Crippen LogP contribution in [-0.2, 0) is 7.05 Å². The summed E-state index contributed by atoms with van der Waals surface area (Å²) < 4.78 is 21.7. The lowest BCUT2D eigenvalue weighted by atomic mass is 10.0. The van der Waals surface area contributed by atoms with Crippen molar-refractivity contribution in [2.45, 2.75) is 6.92 Å². The van der Waals surface area contributed by atoms with Crippen LogP contribution < -0.4 is 4.74 Å². The van der Waals surface area contributed by atoms with Crippen molar-refractivity contribution in [3.05, 3.63) is 53.5 Å². The molecular formula is C20H15FN4O. The van der Waals surface area contributed by atoms with Crippen molar-refractivity contribution in [2.75, 3.05) is 7.11 Å². The molecular weight excluding hydrogens is 331 g/mol. The van der Waals surface area contributed by atoms with E-state index in [1.54, 1.807) is 37.2 Å². The molecule has 0 amide bonds. The molecule has 0 aliphatic rings. The van der Waals surface area contributed by atoms with Gasteiger partial charge in [-0.1, -0.05) is 0 Å². The molecule has 0 fully saturated rings. The summed E-state index contributed by atoms with van der Waals surface area (Å²) in [7, 11) is 3.42. The second kappa shape index (κ2) is 5.81. The van der Waals surface area contributed by atoms with Crippen molar-refractivity contribution in [3.8, 4) is 23.1 Å². The molecule has 0 atom stereocenters. The second-order valence-electron chi connectivity index (χ2n) is 6.14. The van der Waals surface area contributed by atoms with E-state index in [-0.39, 0.29) is 5.56 Å². The van der Waals surface area contributed by atoms with Crippen molar-refractivity contribution in [3.63, 3.8) is 0 Å². The fourth-order valence-electron chi connectivity index (χ4n) is 3.25. The highest BCUT2D eigenvalue weighted by Gasteiger charge is 2.18. The number of aryl methyl sites for hydroxylation is 2. The van der Waals surface area contributed by atoms with Crippen LogP contribution in [0.1, 0.15) is 11.1 Å². The van der Waals surface area contributed by atoms with Gasteiger partial charge in [0.05, 0.1) is 36.0 Å². The Morgan fingerprint density at radius 2 is 2.04 bits per heavy atom. The summed E-state index contributed by atoms with van der Waals surface area (Å²) in [5, 5.41) is 15.2. The molecule has 0 saturated carbocycles. The number of halogens is 1. The van der Waals surface area contributed by atoms with Crippen molar-refractivity contribution >= 4 is 21.8 Å². The van der Waals surface area contributed by atoms with Gasteiger partial charge in [-0.3, -0.25) is 9.67 Å². The highest BCUT2D eigenvalue weighted by Crippen LogP contribution is 2.36. The van der Waals surface area contributed by atoms with Crippen molar-refractivity contribution < 1.29 is 9.13 Å². The van der Waals surface area contributed by atoms with E-state index in [0.717, 1.165) is 33.1 Å². The molecule has 0 bridgehead atoms. The van der Waals surface area contributed by atoms with E-state index in [1.807, 2.05) is 25.1 Å². The molecule has 0 N–H and O–H groups in total. The van der Waals surface area contributed by atoms with Crippen LogP contribution in [0.25, 0.3) is 33.1 Å². The molecule has 4 aromatic rings. The predicted octanol–water partition coefficient (Wildman–Crippen LogP) is 4.12. The van der Waals surface area contributed by atoms with Gasteiger partial charge in [0.15, 0.2) is 0 Å². The predicted molar refractivity (Wildman–Crippen MR) is 97.4 cm³/mol. The fraction of sp³-hybridized carbons (Fsp3) is 0.150. The maximum atomic E-state index is 14.6. The minimum atomic E-state index is -0.473. The number of aromatic nitrogens is 3. The molecule has 2 heterocycles. The number of methoxy groups -OCH3 is 1. The number of pyridine rings is 1. The van der Waals surface area contributed by atoms with Crippen LogP contribution in [0.4, 0.5) is 4.39 Å². The molecule has 2 aromatic heterocycles. The van der Waals surface area contributed by atoms with Gasteiger partial charge in [0, 0.05) is 29.4 Å². The largest absolute Gasteiger partial charge is 0.496 e.